The van der Waals surface area contributed by atoms with Gasteiger partial charge in [0.05, 0.1) is 0 Å². The molecule has 0 atom stereocenters. The summed E-state index contributed by atoms with van der Waals surface area (Å²) in [5, 5.41) is 14.0. The van der Waals surface area contributed by atoms with E-state index in [1.165, 1.54) is 18.3 Å². The minimum absolute atomic E-state index is 0.133. The summed E-state index contributed by atoms with van der Waals surface area (Å²) in [6, 6.07) is 10.4. The summed E-state index contributed by atoms with van der Waals surface area (Å²) in [4.78, 5) is 37.6. The van der Waals surface area contributed by atoms with E-state index in [0.29, 0.717) is 22.4 Å². The van der Waals surface area contributed by atoms with E-state index < -0.39 is 30.0 Å². The van der Waals surface area contributed by atoms with Crippen LogP contribution in [0, 0.1) is 0 Å². The van der Waals surface area contributed by atoms with Gasteiger partial charge in [0, 0.05) is 29.6 Å². The Morgan fingerprint density at radius 1 is 0.971 bits per heavy atom. The Morgan fingerprint density at radius 3 is 2.03 bits per heavy atom. The van der Waals surface area contributed by atoms with Gasteiger partial charge in [-0.3, -0.25) is 9.59 Å². The fourth-order valence-electron chi connectivity index (χ4n) is 3.18. The van der Waals surface area contributed by atoms with Crippen LogP contribution in [-0.4, -0.2) is 34.4 Å². The highest BCUT2D eigenvalue weighted by molar-refractivity contribution is 6.01. The molecule has 0 unspecified atom stereocenters. The summed E-state index contributed by atoms with van der Waals surface area (Å²) >= 11 is 0. The zero-order valence-corrected chi connectivity index (χ0v) is 17.4. The summed E-state index contributed by atoms with van der Waals surface area (Å²) < 4.78 is 40.4. The highest BCUT2D eigenvalue weighted by Crippen LogP contribution is 2.30. The van der Waals surface area contributed by atoms with Gasteiger partial charge in [-0.25, -0.2) is 4.79 Å². The van der Waals surface area contributed by atoms with Crippen LogP contribution in [0.15, 0.2) is 54.7 Å². The predicted molar refractivity (Wildman–Crippen MR) is 116 cm³/mol. The number of rotatable bonds is 8. The predicted octanol–water partition coefficient (Wildman–Crippen LogP) is 4.34. The first kappa shape index (κ1) is 24.2. The van der Waals surface area contributed by atoms with Crippen LogP contribution in [-0.2, 0) is 11.2 Å². The van der Waals surface area contributed by atoms with E-state index >= 15 is 0 Å². The Balaban J connectivity index is 1.68. The number of hydrogen-bond acceptors (Lipinski definition) is 4. The second-order valence-corrected chi connectivity index (χ2v) is 7.05. The summed E-state index contributed by atoms with van der Waals surface area (Å²) in [7, 11) is 0. The van der Waals surface area contributed by atoms with Crippen LogP contribution in [0.3, 0.4) is 0 Å². The number of halogens is 3. The first-order valence-corrected chi connectivity index (χ1v) is 9.78. The molecule has 1 heterocycles. The quantitative estimate of drug-likeness (QED) is 0.328. The summed E-state index contributed by atoms with van der Waals surface area (Å²) in [6.07, 6.45) is -3.23. The lowest BCUT2D eigenvalue weighted by molar-refractivity contribution is -0.274. The number of hydrogen-bond donors (Lipinski definition) is 5. The van der Waals surface area contributed by atoms with Crippen molar-refractivity contribution in [3.8, 4) is 16.9 Å². The third-order valence-electron chi connectivity index (χ3n) is 4.59. The Hall–Kier alpha value is -4.48. The number of anilines is 2. The molecule has 0 radical (unpaired) electrons. The fourth-order valence-corrected chi connectivity index (χ4v) is 3.18. The first-order chi connectivity index (χ1) is 16.0. The number of aryl methyl sites for hydroxylation is 1. The van der Waals surface area contributed by atoms with Crippen molar-refractivity contribution < 1.29 is 37.4 Å². The van der Waals surface area contributed by atoms with Gasteiger partial charge in [0.2, 0.25) is 0 Å². The number of aliphatic carboxylic acids is 1. The number of carboxylic acids is 1. The maximum atomic E-state index is 12.2. The second kappa shape index (κ2) is 9.98. The van der Waals surface area contributed by atoms with E-state index in [2.05, 4.69) is 20.4 Å². The highest BCUT2D eigenvalue weighted by Gasteiger charge is 2.31. The molecule has 0 saturated heterocycles. The third kappa shape index (κ3) is 6.51. The number of nitrogens with one attached hydrogen (secondary N) is 3. The number of aromatic nitrogens is 1. The molecule has 178 valence electrons. The van der Waals surface area contributed by atoms with E-state index in [0.717, 1.165) is 12.1 Å². The van der Waals surface area contributed by atoms with Crippen molar-refractivity contribution in [3.05, 3.63) is 66.0 Å². The van der Waals surface area contributed by atoms with E-state index in [9.17, 15) is 27.6 Å². The number of alkyl halides is 3. The van der Waals surface area contributed by atoms with Crippen molar-refractivity contribution in [3.63, 3.8) is 0 Å². The molecule has 0 bridgehead atoms. The van der Waals surface area contributed by atoms with Gasteiger partial charge in [-0.05, 0) is 53.9 Å². The lowest BCUT2D eigenvalue weighted by atomic mass is 9.98. The van der Waals surface area contributed by atoms with Crippen LogP contribution >= 0.6 is 0 Å². The molecule has 34 heavy (non-hydrogen) atoms. The number of primary amides is 1. The molecule has 12 heteroatoms. The Morgan fingerprint density at radius 2 is 1.53 bits per heavy atom. The third-order valence-corrected chi connectivity index (χ3v) is 4.59. The number of carbonyl (C=O) groups excluding carboxylic acids is 2. The average molecular weight is 476 g/mol. The Labute approximate surface area is 190 Å². The van der Waals surface area contributed by atoms with Gasteiger partial charge in [-0.2, -0.15) is 0 Å². The van der Waals surface area contributed by atoms with E-state index in [-0.39, 0.29) is 24.2 Å². The van der Waals surface area contributed by atoms with Gasteiger partial charge in [-0.1, -0.05) is 12.1 Å². The van der Waals surface area contributed by atoms with Crippen LogP contribution in [0.4, 0.5) is 29.3 Å². The Bertz CT molecular complexity index is 1190. The number of benzene rings is 2. The molecule has 2 aromatic carbocycles. The number of ether oxygens (including phenoxy) is 1. The first-order valence-electron chi connectivity index (χ1n) is 9.78. The molecule has 3 amide bonds. The van der Waals surface area contributed by atoms with Gasteiger partial charge < -0.3 is 31.2 Å². The normalized spacial score (nSPS) is 11.0. The Kier molecular flexibility index (Phi) is 7.09. The fraction of sp³-hybridized carbons (Fsp3) is 0.136. The molecule has 1 aromatic heterocycles. The van der Waals surface area contributed by atoms with E-state index in [1.54, 1.807) is 24.3 Å². The average Bonchev–Trinajstić information content (AvgIpc) is 3.17. The van der Waals surface area contributed by atoms with Crippen molar-refractivity contribution in [2.45, 2.75) is 19.2 Å². The topological polar surface area (TPSA) is 147 Å². The number of H-pyrrole nitrogens is 1. The second-order valence-electron chi connectivity index (χ2n) is 7.05. The maximum Gasteiger partial charge on any atom is 0.573 e. The van der Waals surface area contributed by atoms with Crippen molar-refractivity contribution in [1.82, 2.24) is 4.98 Å². The maximum absolute atomic E-state index is 12.2. The zero-order chi connectivity index (χ0) is 24.9. The zero-order valence-electron chi connectivity index (χ0n) is 17.4. The smallest absolute Gasteiger partial charge is 0.481 e. The molecular formula is C22H19F3N4O5. The van der Waals surface area contributed by atoms with Crippen molar-refractivity contribution in [2.24, 2.45) is 5.73 Å². The summed E-state index contributed by atoms with van der Waals surface area (Å²) in [6.45, 7) is 0. The number of urea groups is 1. The molecule has 0 fully saturated rings. The number of carboxylic acid groups (broad SMARTS) is 1. The van der Waals surface area contributed by atoms with E-state index in [1.807, 2.05) is 0 Å². The number of carbonyl (C=O) groups is 3. The van der Waals surface area contributed by atoms with Crippen LogP contribution in [0.5, 0.6) is 5.75 Å². The van der Waals surface area contributed by atoms with Gasteiger partial charge in [0.1, 0.15) is 11.4 Å². The standard InChI is InChI=1S/C22H19F3N4O5/c23-22(24,25)34-16-8-6-15(7-9-16)29-21(33)28-14-4-1-12(2-5-14)18-13(3-10-17(30)31)11-27-19(18)20(26)32/h1-2,4-9,11,27H,3,10H2,(H2,26,32)(H,30,31)(H2,28,29,33). The lowest BCUT2D eigenvalue weighted by Gasteiger charge is -2.11. The monoisotopic (exact) mass is 476 g/mol. The molecule has 0 saturated carbocycles. The van der Waals surface area contributed by atoms with Crippen LogP contribution < -0.4 is 21.1 Å². The lowest BCUT2D eigenvalue weighted by Crippen LogP contribution is -2.19. The molecule has 0 aliphatic carbocycles. The molecule has 0 aliphatic heterocycles. The molecule has 9 nitrogen and oxygen atoms in total. The molecule has 3 rings (SSSR count). The number of nitrogens with two attached hydrogens (primary N) is 1. The van der Waals surface area contributed by atoms with Gasteiger partial charge in [0.25, 0.3) is 5.91 Å². The molecule has 3 aromatic rings. The van der Waals surface area contributed by atoms with Gasteiger partial charge in [0.15, 0.2) is 0 Å². The number of aromatic amines is 1. The molecule has 6 N–H and O–H groups in total. The van der Waals surface area contributed by atoms with Crippen molar-refractivity contribution in [2.75, 3.05) is 10.6 Å². The summed E-state index contributed by atoms with van der Waals surface area (Å²) in [5.74, 6) is -2.11. The molecule has 0 spiro atoms. The van der Waals surface area contributed by atoms with Crippen molar-refractivity contribution in [1.29, 1.82) is 0 Å². The minimum Gasteiger partial charge on any atom is -0.481 e. The van der Waals surface area contributed by atoms with Gasteiger partial charge in [-0.15, -0.1) is 13.2 Å². The van der Waals surface area contributed by atoms with Crippen LogP contribution in [0.25, 0.3) is 11.1 Å². The largest absolute Gasteiger partial charge is 0.573 e. The van der Waals surface area contributed by atoms with Crippen LogP contribution in [0.1, 0.15) is 22.5 Å². The number of amides is 3. The molecular weight excluding hydrogens is 457 g/mol. The summed E-state index contributed by atoms with van der Waals surface area (Å²) in [5.41, 5.74) is 7.85. The SMILES string of the molecule is NC(=O)c1[nH]cc(CCC(=O)O)c1-c1ccc(NC(=O)Nc2ccc(OC(F)(F)F)cc2)cc1. The highest BCUT2D eigenvalue weighted by atomic mass is 19.4. The minimum atomic E-state index is -4.81. The van der Waals surface area contributed by atoms with Gasteiger partial charge >= 0.3 is 18.4 Å². The van der Waals surface area contributed by atoms with E-state index in [4.69, 9.17) is 10.8 Å². The van der Waals surface area contributed by atoms with Crippen LogP contribution in [0.2, 0.25) is 0 Å². The molecule has 0 aliphatic rings. The van der Waals surface area contributed by atoms with Crippen molar-refractivity contribution >= 4 is 29.3 Å².